The number of nitrogens with one attached hydrogen (secondary N) is 2. The molecule has 3 aliphatic rings. The first-order valence-electron chi connectivity index (χ1n) is 28.1. The number of anilines is 2. The van der Waals surface area contributed by atoms with Crippen LogP contribution in [0.3, 0.4) is 0 Å². The van der Waals surface area contributed by atoms with E-state index in [4.69, 9.17) is 45.5 Å². The second kappa shape index (κ2) is 32.9. The van der Waals surface area contributed by atoms with E-state index in [0.717, 1.165) is 39.6 Å². The van der Waals surface area contributed by atoms with Crippen LogP contribution in [0.25, 0.3) is 11.4 Å². The number of aryl methyl sites for hydroxylation is 5. The van der Waals surface area contributed by atoms with Gasteiger partial charge in [0.1, 0.15) is 27.1 Å². The van der Waals surface area contributed by atoms with Gasteiger partial charge in [-0.1, -0.05) is 40.9 Å². The molecule has 0 aliphatic heterocycles. The average molecular weight is 1260 g/mol. The molecule has 3 saturated carbocycles. The normalized spacial score (nSPS) is 17.1. The molecule has 5 aromatic rings. The number of unbranched alkanes of at least 4 members (excludes halogenated alkanes) is 3. The van der Waals surface area contributed by atoms with E-state index in [0.29, 0.717) is 59.8 Å². The van der Waals surface area contributed by atoms with E-state index >= 15 is 0 Å². The van der Waals surface area contributed by atoms with Crippen molar-refractivity contribution < 1.29 is 26.3 Å². The van der Waals surface area contributed by atoms with Crippen LogP contribution in [-0.4, -0.2) is 79.2 Å². The van der Waals surface area contributed by atoms with Gasteiger partial charge >= 0.3 is 130 Å². The number of pyridine rings is 5. The first-order valence-corrected chi connectivity index (χ1v) is 36.7. The maximum atomic E-state index is 13.3. The van der Waals surface area contributed by atoms with Crippen LogP contribution in [0, 0.1) is 34.6 Å². The fourth-order valence-electron chi connectivity index (χ4n) is 9.83. The smallest absolute Gasteiger partial charge is 0.248 e. The summed E-state index contributed by atoms with van der Waals surface area (Å²) in [5.41, 5.74) is 12.3. The Balaban J connectivity index is 0.000000220. The van der Waals surface area contributed by atoms with E-state index in [2.05, 4.69) is 76.5 Å². The van der Waals surface area contributed by atoms with Gasteiger partial charge in [-0.25, -0.2) is 41.3 Å². The number of hydrogen-bond donors (Lipinski definition) is 3. The SMILES string of the molecule is CCC[CH2][Sn]([CH2]CCC)([CH2]CCC)[c]1cccc(C)n1.Cc1cc(Cl)nc(Cl)c1.Cc1cc(Cl)nc(NC2CCC(F)(F)CC2)c1.Cc1cc(NC2CCC(F)(F)CC2)nc(-c2cccc(C)n2)c1.NC1CCC(F)(F)CC1. The third-order valence-electron chi connectivity index (χ3n) is 14.3. The largest absolute Gasteiger partial charge is 0.367 e. The van der Waals surface area contributed by atoms with Gasteiger partial charge in [-0.3, -0.25) is 4.98 Å². The first kappa shape index (κ1) is 67.1. The Morgan fingerprint density at radius 1 is 0.487 bits per heavy atom. The summed E-state index contributed by atoms with van der Waals surface area (Å²) >= 11 is 14.7. The van der Waals surface area contributed by atoms with Crippen LogP contribution in [0.4, 0.5) is 38.0 Å². The number of aromatic nitrogens is 5. The number of halogens is 9. The maximum Gasteiger partial charge on any atom is 0.248 e. The van der Waals surface area contributed by atoms with Gasteiger partial charge in [0.25, 0.3) is 0 Å². The Morgan fingerprint density at radius 2 is 0.872 bits per heavy atom. The third-order valence-corrected chi connectivity index (χ3v) is 30.0. The zero-order valence-corrected chi connectivity index (χ0v) is 52.3. The number of alkyl halides is 6. The molecule has 0 unspecified atom stereocenters. The van der Waals surface area contributed by atoms with Crippen molar-refractivity contribution in [3.8, 4) is 11.4 Å². The molecule has 8 rings (SSSR count). The van der Waals surface area contributed by atoms with Crippen LogP contribution < -0.4 is 20.1 Å². The van der Waals surface area contributed by atoms with Crippen molar-refractivity contribution in [2.75, 3.05) is 10.6 Å². The summed E-state index contributed by atoms with van der Waals surface area (Å²) in [6.07, 6.45) is 10.9. The van der Waals surface area contributed by atoms with E-state index in [-0.39, 0.29) is 56.7 Å². The molecule has 3 fully saturated rings. The minimum Gasteiger partial charge on any atom is -0.367 e. The van der Waals surface area contributed by atoms with Crippen LogP contribution in [0.2, 0.25) is 28.8 Å². The van der Waals surface area contributed by atoms with Gasteiger partial charge in [-0.05, 0) is 131 Å². The van der Waals surface area contributed by atoms with Crippen LogP contribution in [0.5, 0.6) is 0 Å². The van der Waals surface area contributed by atoms with Gasteiger partial charge in [0, 0.05) is 62.3 Å². The molecule has 432 valence electrons. The summed E-state index contributed by atoms with van der Waals surface area (Å²) in [4.78, 5) is 22.0. The molecule has 18 heteroatoms. The van der Waals surface area contributed by atoms with E-state index in [1.54, 1.807) is 21.9 Å². The van der Waals surface area contributed by atoms with Crippen molar-refractivity contribution in [1.29, 1.82) is 0 Å². The Labute approximate surface area is 480 Å². The quantitative estimate of drug-likeness (QED) is 0.0540. The monoisotopic (exact) mass is 1260 g/mol. The van der Waals surface area contributed by atoms with Crippen LogP contribution in [-0.2, 0) is 0 Å². The predicted molar refractivity (Wildman–Crippen MR) is 316 cm³/mol. The molecule has 0 spiro atoms. The fraction of sp³-hybridized carbons (Fsp3) is 0.583. The van der Waals surface area contributed by atoms with Crippen molar-refractivity contribution >= 4 is 68.5 Å². The first-order chi connectivity index (χ1) is 36.8. The van der Waals surface area contributed by atoms with E-state index in [1.165, 1.54) is 57.5 Å². The molecular formula is C60H85Cl3F6N8Sn. The minimum absolute atomic E-state index is 0.0182. The fourth-order valence-corrected chi connectivity index (χ4v) is 26.3. The van der Waals surface area contributed by atoms with Crippen molar-refractivity contribution in [1.82, 2.24) is 24.9 Å². The van der Waals surface area contributed by atoms with Crippen LogP contribution >= 0.6 is 34.8 Å². The second-order valence-electron chi connectivity index (χ2n) is 21.7. The van der Waals surface area contributed by atoms with Crippen molar-refractivity contribution in [2.24, 2.45) is 5.73 Å². The van der Waals surface area contributed by atoms with E-state index in [1.807, 2.05) is 64.1 Å². The standard InChI is InChI=1S/C18H21F2N3.C12H15ClF2N2.C6H5Cl2N.C6H11F2N.C6H6N.3C4H9.Sn/c1-12-10-16(15-5-3-4-13(2)21-15)23-17(11-12)22-14-6-8-18(19,20)9-7-14;1-8-6-10(13)17-11(7-8)16-9-2-4-12(14,15)5-3-9;1-4-2-5(7)9-6(8)3-4;7-6(8)3-1-5(9)2-4-6;1-6-4-2-3-5-7-6;3*1-3-4-2;/h3-5,10-11,14H,6-9H2,1-2H3,(H,22,23);6-7,9H,2-5H2,1H3,(H,16,17);2-3H,1H3;5H,1-4,9H2;2-4H,1H3;3*1,3-4H2,2H3;. The van der Waals surface area contributed by atoms with Gasteiger partial charge in [0.15, 0.2) is 0 Å². The Morgan fingerprint density at radius 3 is 1.27 bits per heavy atom. The molecule has 0 saturated heterocycles. The zero-order valence-electron chi connectivity index (χ0n) is 47.2. The molecule has 0 atom stereocenters. The zero-order chi connectivity index (χ0) is 57.5. The van der Waals surface area contributed by atoms with E-state index < -0.39 is 36.1 Å². The number of nitrogens with zero attached hydrogens (tertiary/aromatic N) is 5. The molecular weight excluding hydrogens is 1170 g/mol. The summed E-state index contributed by atoms with van der Waals surface area (Å²) in [7, 11) is 0. The Hall–Kier alpha value is -3.44. The molecule has 4 N–H and O–H groups in total. The number of rotatable bonds is 15. The van der Waals surface area contributed by atoms with Crippen LogP contribution in [0.15, 0.2) is 72.8 Å². The molecule has 0 bridgehead atoms. The molecule has 5 heterocycles. The van der Waals surface area contributed by atoms with Crippen molar-refractivity contribution in [2.45, 2.75) is 220 Å². The third kappa shape index (κ3) is 25.1. The molecule has 3 aliphatic carbocycles. The minimum atomic E-state index is -2.51. The molecule has 8 nitrogen and oxygen atoms in total. The van der Waals surface area contributed by atoms with Gasteiger partial charge < -0.3 is 16.4 Å². The van der Waals surface area contributed by atoms with Crippen molar-refractivity contribution in [3.05, 3.63) is 116 Å². The molecule has 0 amide bonds. The Kier molecular flexibility index (Phi) is 28.3. The number of hydrogen-bond acceptors (Lipinski definition) is 8. The van der Waals surface area contributed by atoms with Crippen LogP contribution in [0.1, 0.15) is 164 Å². The van der Waals surface area contributed by atoms with E-state index in [9.17, 15) is 26.3 Å². The topological polar surface area (TPSA) is 115 Å². The van der Waals surface area contributed by atoms with Gasteiger partial charge in [0.05, 0.1) is 11.4 Å². The predicted octanol–water partition coefficient (Wildman–Crippen LogP) is 18.4. The summed E-state index contributed by atoms with van der Waals surface area (Å²) in [5.74, 6) is -6.01. The Bertz CT molecular complexity index is 2450. The summed E-state index contributed by atoms with van der Waals surface area (Å²) in [6.45, 7) is 16.9. The maximum absolute atomic E-state index is 13.3. The molecule has 5 aromatic heterocycles. The molecule has 78 heavy (non-hydrogen) atoms. The van der Waals surface area contributed by atoms with Gasteiger partial charge in [-0.15, -0.1) is 0 Å². The van der Waals surface area contributed by atoms with Gasteiger partial charge in [-0.2, -0.15) is 0 Å². The number of nitrogens with two attached hydrogens (primary N) is 1. The van der Waals surface area contributed by atoms with Crippen molar-refractivity contribution in [3.63, 3.8) is 0 Å². The molecule has 0 radical (unpaired) electrons. The summed E-state index contributed by atoms with van der Waals surface area (Å²) < 4.78 is 83.2. The van der Waals surface area contributed by atoms with Gasteiger partial charge in [0.2, 0.25) is 17.8 Å². The average Bonchev–Trinajstić information content (AvgIpc) is 3.36. The second-order valence-corrected chi connectivity index (χ2v) is 35.9. The summed E-state index contributed by atoms with van der Waals surface area (Å²) in [5, 5.41) is 7.80. The molecule has 0 aromatic carbocycles. The summed E-state index contributed by atoms with van der Waals surface area (Å²) in [6, 6.07) is 23.8.